The van der Waals surface area contributed by atoms with Gasteiger partial charge in [-0.1, -0.05) is 0 Å². The Labute approximate surface area is 145 Å². The maximum Gasteiger partial charge on any atom is 0.194 e. The van der Waals surface area contributed by atoms with E-state index in [0.717, 1.165) is 22.0 Å². The normalized spacial score (nSPS) is 17.5. The zero-order valence-electron chi connectivity index (χ0n) is 14.3. The van der Waals surface area contributed by atoms with Crippen LogP contribution in [-0.2, 0) is 12.1 Å². The van der Waals surface area contributed by atoms with E-state index < -0.39 is 5.60 Å². The zero-order valence-corrected chi connectivity index (χ0v) is 15.1. The number of thiazole rings is 1. The lowest BCUT2D eigenvalue weighted by Crippen LogP contribution is -2.35. The van der Waals surface area contributed by atoms with Crippen LogP contribution in [0.2, 0.25) is 0 Å². The van der Waals surface area contributed by atoms with Crippen LogP contribution in [0, 0.1) is 13.8 Å². The number of aryl methyl sites for hydroxylation is 2. The van der Waals surface area contributed by atoms with Crippen molar-refractivity contribution in [3.63, 3.8) is 0 Å². The first-order valence-corrected chi connectivity index (χ1v) is 9.28. The minimum atomic E-state index is -0.958. The minimum absolute atomic E-state index is 0.467. The Hall–Kier alpha value is -1.63. The molecule has 0 spiro atoms. The summed E-state index contributed by atoms with van der Waals surface area (Å²) in [6, 6.07) is 1.92. The van der Waals surface area contributed by atoms with E-state index in [-0.39, 0.29) is 0 Å². The molecule has 0 aromatic carbocycles. The Kier molecular flexibility index (Phi) is 3.78. The van der Waals surface area contributed by atoms with Crippen LogP contribution < -0.4 is 5.32 Å². The van der Waals surface area contributed by atoms with Gasteiger partial charge in [-0.05, 0) is 39.7 Å². The number of fused-ring (bicyclic) bond motifs is 1. The van der Waals surface area contributed by atoms with Crippen LogP contribution in [0.1, 0.15) is 54.2 Å². The van der Waals surface area contributed by atoms with Gasteiger partial charge >= 0.3 is 0 Å². The molecule has 1 aliphatic rings. The molecule has 0 bridgehead atoms. The summed E-state index contributed by atoms with van der Waals surface area (Å²) in [5.41, 5.74) is 2.35. The van der Waals surface area contributed by atoms with E-state index in [0.29, 0.717) is 19.0 Å². The number of nitrogens with zero attached hydrogens (tertiary/aromatic N) is 2. The molecule has 1 aliphatic carbocycles. The molecule has 6 heteroatoms. The molecule has 1 saturated carbocycles. The highest BCUT2D eigenvalue weighted by molar-refractivity contribution is 7.15. The summed E-state index contributed by atoms with van der Waals surface area (Å²) < 4.78 is 7.73. The summed E-state index contributed by atoms with van der Waals surface area (Å²) in [5, 5.41) is 16.3. The lowest BCUT2D eigenvalue weighted by atomic mass is 9.96. The lowest BCUT2D eigenvalue weighted by Gasteiger charge is -2.23. The number of aromatic nitrogens is 2. The van der Waals surface area contributed by atoms with Gasteiger partial charge in [-0.15, -0.1) is 11.3 Å². The second-order valence-corrected chi connectivity index (χ2v) is 7.85. The van der Waals surface area contributed by atoms with Crippen molar-refractivity contribution in [1.29, 1.82) is 0 Å². The molecule has 3 aromatic heterocycles. The highest BCUT2D eigenvalue weighted by Gasteiger charge is 2.31. The summed E-state index contributed by atoms with van der Waals surface area (Å²) >= 11 is 1.67. The molecule has 4 rings (SSSR count). The summed E-state index contributed by atoms with van der Waals surface area (Å²) in [7, 11) is 0. The van der Waals surface area contributed by atoms with Gasteiger partial charge in [0.2, 0.25) is 0 Å². The molecule has 0 radical (unpaired) electrons. The lowest BCUT2D eigenvalue weighted by molar-refractivity contribution is 0.0550. The Morgan fingerprint density at radius 3 is 2.92 bits per heavy atom. The molecule has 1 unspecified atom stereocenters. The van der Waals surface area contributed by atoms with E-state index in [1.165, 1.54) is 24.2 Å². The largest absolute Gasteiger partial charge is 0.466 e. The van der Waals surface area contributed by atoms with Crippen molar-refractivity contribution in [2.24, 2.45) is 0 Å². The van der Waals surface area contributed by atoms with E-state index in [4.69, 9.17) is 9.40 Å². The number of hydrogen-bond acceptors (Lipinski definition) is 5. The van der Waals surface area contributed by atoms with Crippen LogP contribution in [0.4, 0.5) is 0 Å². The zero-order chi connectivity index (χ0) is 16.9. The maximum atomic E-state index is 10.8. The van der Waals surface area contributed by atoms with Gasteiger partial charge in [0.15, 0.2) is 4.96 Å². The van der Waals surface area contributed by atoms with E-state index in [1.54, 1.807) is 11.3 Å². The molecule has 0 saturated heterocycles. The Balaban J connectivity index is 1.50. The highest BCUT2D eigenvalue weighted by Crippen LogP contribution is 2.41. The van der Waals surface area contributed by atoms with Gasteiger partial charge in [0, 0.05) is 36.1 Å². The summed E-state index contributed by atoms with van der Waals surface area (Å²) in [5.74, 6) is 2.23. The van der Waals surface area contributed by atoms with Gasteiger partial charge in [0.25, 0.3) is 0 Å². The highest BCUT2D eigenvalue weighted by atomic mass is 32.1. The number of nitrogens with one attached hydrogen (secondary N) is 1. The molecular formula is C18H23N3O2S. The Morgan fingerprint density at radius 2 is 2.25 bits per heavy atom. The monoisotopic (exact) mass is 345 g/mol. The van der Waals surface area contributed by atoms with Crippen LogP contribution in [0.3, 0.4) is 0 Å². The fourth-order valence-electron chi connectivity index (χ4n) is 3.39. The van der Waals surface area contributed by atoms with E-state index in [9.17, 15) is 5.11 Å². The summed E-state index contributed by atoms with van der Waals surface area (Å²) in [4.78, 5) is 5.85. The van der Waals surface area contributed by atoms with E-state index in [2.05, 4.69) is 21.3 Å². The first-order valence-electron chi connectivity index (χ1n) is 8.40. The fourth-order valence-corrected chi connectivity index (χ4v) is 4.13. The number of hydrogen-bond donors (Lipinski definition) is 2. The van der Waals surface area contributed by atoms with Crippen LogP contribution in [0.25, 0.3) is 4.96 Å². The van der Waals surface area contributed by atoms with Crippen molar-refractivity contribution in [2.75, 3.05) is 6.54 Å². The number of rotatable bonds is 6. The van der Waals surface area contributed by atoms with Crippen LogP contribution >= 0.6 is 11.3 Å². The predicted octanol–water partition coefficient (Wildman–Crippen LogP) is 3.48. The molecule has 3 aromatic rings. The van der Waals surface area contributed by atoms with Crippen LogP contribution in [0.15, 0.2) is 22.1 Å². The van der Waals surface area contributed by atoms with Gasteiger partial charge in [-0.25, -0.2) is 4.98 Å². The van der Waals surface area contributed by atoms with Crippen molar-refractivity contribution in [2.45, 2.75) is 51.7 Å². The molecule has 128 valence electrons. The molecule has 3 heterocycles. The number of imidazole rings is 1. The second-order valence-electron chi connectivity index (χ2n) is 6.98. The molecule has 2 N–H and O–H groups in total. The SMILES string of the molecule is Cc1cc(C(C)(O)CNCc2c(C3CC3)nc3sccn23)c(C)o1. The van der Waals surface area contributed by atoms with Crippen LogP contribution in [0.5, 0.6) is 0 Å². The molecule has 24 heavy (non-hydrogen) atoms. The third-order valence-corrected chi connectivity index (χ3v) is 5.50. The smallest absolute Gasteiger partial charge is 0.194 e. The van der Waals surface area contributed by atoms with Crippen molar-refractivity contribution >= 4 is 16.3 Å². The number of furan rings is 1. The van der Waals surface area contributed by atoms with Gasteiger partial charge < -0.3 is 14.8 Å². The molecular weight excluding hydrogens is 322 g/mol. The quantitative estimate of drug-likeness (QED) is 0.718. The fraction of sp³-hybridized carbons (Fsp3) is 0.500. The standard InChI is InChI=1S/C18H23N3O2S/c1-11-8-14(12(2)23-11)18(3,22)10-19-9-15-16(13-4-5-13)20-17-21(15)6-7-24-17/h6-8,13,19,22H,4-5,9-10H2,1-3H3. The first kappa shape index (κ1) is 15.9. The van der Waals surface area contributed by atoms with Crippen molar-refractivity contribution < 1.29 is 9.52 Å². The molecule has 5 nitrogen and oxygen atoms in total. The average molecular weight is 345 g/mol. The van der Waals surface area contributed by atoms with Crippen molar-refractivity contribution in [1.82, 2.24) is 14.7 Å². The molecule has 0 aliphatic heterocycles. The van der Waals surface area contributed by atoms with Gasteiger partial charge in [0.05, 0.1) is 11.4 Å². The maximum absolute atomic E-state index is 10.8. The first-order chi connectivity index (χ1) is 11.5. The molecule has 0 amide bonds. The predicted molar refractivity (Wildman–Crippen MR) is 94.5 cm³/mol. The van der Waals surface area contributed by atoms with Crippen molar-refractivity contribution in [3.8, 4) is 0 Å². The molecule has 1 atom stereocenters. The summed E-state index contributed by atoms with van der Waals surface area (Å²) in [6.07, 6.45) is 4.56. The third-order valence-electron chi connectivity index (χ3n) is 4.74. The van der Waals surface area contributed by atoms with Gasteiger partial charge in [0.1, 0.15) is 17.1 Å². The van der Waals surface area contributed by atoms with Gasteiger partial charge in [-0.3, -0.25) is 4.40 Å². The number of aliphatic hydroxyl groups is 1. The van der Waals surface area contributed by atoms with Gasteiger partial charge in [-0.2, -0.15) is 0 Å². The Morgan fingerprint density at radius 1 is 1.46 bits per heavy atom. The second kappa shape index (κ2) is 5.72. The van der Waals surface area contributed by atoms with E-state index >= 15 is 0 Å². The Bertz CT molecular complexity index is 870. The van der Waals surface area contributed by atoms with E-state index in [1.807, 2.05) is 26.8 Å². The van der Waals surface area contributed by atoms with Crippen LogP contribution in [-0.4, -0.2) is 21.0 Å². The summed E-state index contributed by atoms with van der Waals surface area (Å²) in [6.45, 7) is 6.80. The molecule has 1 fully saturated rings. The minimum Gasteiger partial charge on any atom is -0.466 e. The average Bonchev–Trinajstić information content (AvgIpc) is 3.00. The van der Waals surface area contributed by atoms with Crippen molar-refractivity contribution in [3.05, 3.63) is 46.1 Å². The third kappa shape index (κ3) is 2.79. The topological polar surface area (TPSA) is 62.7 Å².